The van der Waals surface area contributed by atoms with Crippen LogP contribution in [0.15, 0.2) is 12.4 Å². The number of nitrogens with zero attached hydrogens (tertiary/aromatic N) is 6. The maximum Gasteiger partial charge on any atom is 0.225 e. The molecule has 0 radical (unpaired) electrons. The second kappa shape index (κ2) is 9.60. The van der Waals surface area contributed by atoms with Gasteiger partial charge in [0.15, 0.2) is 10.9 Å². The van der Waals surface area contributed by atoms with Crippen LogP contribution in [0.4, 0.5) is 5.95 Å². The van der Waals surface area contributed by atoms with Crippen LogP contribution in [-0.2, 0) is 6.54 Å². The third kappa shape index (κ3) is 5.13. The topological polar surface area (TPSA) is 70.3 Å². The van der Waals surface area contributed by atoms with Crippen LogP contribution in [0.1, 0.15) is 18.7 Å². The van der Waals surface area contributed by atoms with Gasteiger partial charge in [-0.25, -0.2) is 15.0 Å². The summed E-state index contributed by atoms with van der Waals surface area (Å²) in [6, 6.07) is 0. The van der Waals surface area contributed by atoms with Gasteiger partial charge in [-0.1, -0.05) is 23.2 Å². The number of rotatable bonds is 6. The number of unbranched alkanes of at least 4 members (excludes halogenated alkanes) is 1. The monoisotopic (exact) mass is 420 g/mol. The molecule has 0 unspecified atom stereocenters. The zero-order chi connectivity index (χ0) is 17.8. The number of halogens is 3. The summed E-state index contributed by atoms with van der Waals surface area (Å²) in [4.78, 5) is 17.1. The standard InChI is InChI=1S/C16H22Cl2N6O.ClH/c1-12-21-14(17)15(18)24(12)5-3-2-4-22-6-8-23(9-7-22)16-19-10-13(25)11-20-16;/h10-11,25H,2-9H2,1H3;1H. The lowest BCUT2D eigenvalue weighted by Crippen LogP contribution is -2.47. The summed E-state index contributed by atoms with van der Waals surface area (Å²) in [5.74, 6) is 1.63. The van der Waals surface area contributed by atoms with E-state index in [1.54, 1.807) is 0 Å². The number of piperazine rings is 1. The predicted molar refractivity (Wildman–Crippen MR) is 106 cm³/mol. The summed E-state index contributed by atoms with van der Waals surface area (Å²) in [5.41, 5.74) is 0. The Kier molecular flexibility index (Phi) is 7.76. The minimum atomic E-state index is 0. The molecule has 144 valence electrons. The van der Waals surface area contributed by atoms with Crippen molar-refractivity contribution in [3.63, 3.8) is 0 Å². The van der Waals surface area contributed by atoms with Crippen molar-refractivity contribution in [3.05, 3.63) is 28.5 Å². The number of aryl methyl sites for hydroxylation is 1. The molecule has 26 heavy (non-hydrogen) atoms. The summed E-state index contributed by atoms with van der Waals surface area (Å²) in [6.07, 6.45) is 5.00. The van der Waals surface area contributed by atoms with Gasteiger partial charge in [0.1, 0.15) is 11.0 Å². The number of anilines is 1. The number of imidazole rings is 1. The van der Waals surface area contributed by atoms with Crippen LogP contribution in [-0.4, -0.2) is 62.2 Å². The van der Waals surface area contributed by atoms with Gasteiger partial charge in [0, 0.05) is 32.7 Å². The average Bonchev–Trinajstić information content (AvgIpc) is 2.86. The van der Waals surface area contributed by atoms with Crippen LogP contribution in [0, 0.1) is 6.92 Å². The molecule has 1 N–H and O–H groups in total. The third-order valence-electron chi connectivity index (χ3n) is 4.44. The van der Waals surface area contributed by atoms with Crippen LogP contribution in [0.25, 0.3) is 0 Å². The van der Waals surface area contributed by atoms with E-state index in [1.165, 1.54) is 12.4 Å². The summed E-state index contributed by atoms with van der Waals surface area (Å²) >= 11 is 12.1. The molecular formula is C16H23Cl3N6O. The largest absolute Gasteiger partial charge is 0.505 e. The summed E-state index contributed by atoms with van der Waals surface area (Å²) < 4.78 is 1.96. The van der Waals surface area contributed by atoms with Crippen molar-refractivity contribution in [3.8, 4) is 5.75 Å². The van der Waals surface area contributed by atoms with Gasteiger partial charge in [0.2, 0.25) is 5.95 Å². The smallest absolute Gasteiger partial charge is 0.225 e. The normalized spacial score (nSPS) is 15.1. The van der Waals surface area contributed by atoms with E-state index in [1.807, 2.05) is 11.5 Å². The van der Waals surface area contributed by atoms with Crippen LogP contribution in [0.3, 0.4) is 0 Å². The van der Waals surface area contributed by atoms with Crippen molar-refractivity contribution in [2.24, 2.45) is 0 Å². The molecule has 0 bridgehead atoms. The van der Waals surface area contributed by atoms with E-state index in [0.717, 1.165) is 57.9 Å². The maximum absolute atomic E-state index is 9.26. The summed E-state index contributed by atoms with van der Waals surface area (Å²) in [5, 5.41) is 10.2. The Bertz CT molecular complexity index is 701. The number of hydrogen-bond donors (Lipinski definition) is 1. The van der Waals surface area contributed by atoms with Crippen molar-refractivity contribution in [1.29, 1.82) is 0 Å². The highest BCUT2D eigenvalue weighted by Gasteiger charge is 2.18. The molecule has 0 aromatic carbocycles. The summed E-state index contributed by atoms with van der Waals surface area (Å²) in [7, 11) is 0. The molecule has 0 atom stereocenters. The van der Waals surface area contributed by atoms with E-state index in [9.17, 15) is 5.11 Å². The summed E-state index contributed by atoms with van der Waals surface area (Å²) in [6.45, 7) is 7.58. The molecule has 2 aromatic heterocycles. The number of hydrogen-bond acceptors (Lipinski definition) is 6. The van der Waals surface area contributed by atoms with Gasteiger partial charge in [0.25, 0.3) is 0 Å². The van der Waals surface area contributed by atoms with Gasteiger partial charge in [-0.15, -0.1) is 12.4 Å². The van der Waals surface area contributed by atoms with E-state index in [4.69, 9.17) is 23.2 Å². The molecular weight excluding hydrogens is 399 g/mol. The zero-order valence-electron chi connectivity index (χ0n) is 14.6. The van der Waals surface area contributed by atoms with Crippen molar-refractivity contribution in [2.75, 3.05) is 37.6 Å². The second-order valence-electron chi connectivity index (χ2n) is 6.17. The Morgan fingerprint density at radius 3 is 2.23 bits per heavy atom. The molecule has 1 saturated heterocycles. The molecule has 2 aromatic rings. The van der Waals surface area contributed by atoms with Crippen LogP contribution < -0.4 is 4.90 Å². The van der Waals surface area contributed by atoms with Gasteiger partial charge in [-0.2, -0.15) is 0 Å². The lowest BCUT2D eigenvalue weighted by molar-refractivity contribution is 0.250. The fraction of sp³-hybridized carbons (Fsp3) is 0.562. The van der Waals surface area contributed by atoms with E-state index in [-0.39, 0.29) is 18.2 Å². The third-order valence-corrected chi connectivity index (χ3v) is 5.19. The molecule has 7 nitrogen and oxygen atoms in total. The van der Waals surface area contributed by atoms with Gasteiger partial charge in [0.05, 0.1) is 12.4 Å². The molecule has 0 saturated carbocycles. The lowest BCUT2D eigenvalue weighted by Gasteiger charge is -2.34. The number of aromatic hydroxyl groups is 1. The van der Waals surface area contributed by atoms with Gasteiger partial charge >= 0.3 is 0 Å². The lowest BCUT2D eigenvalue weighted by atomic mass is 10.2. The SMILES string of the molecule is Cc1nc(Cl)c(Cl)n1CCCCN1CCN(c2ncc(O)cn2)CC1.Cl. The van der Waals surface area contributed by atoms with E-state index in [2.05, 4.69) is 24.8 Å². The quantitative estimate of drug-likeness (QED) is 0.723. The van der Waals surface area contributed by atoms with Crippen molar-refractivity contribution in [1.82, 2.24) is 24.4 Å². The van der Waals surface area contributed by atoms with Crippen LogP contribution in [0.5, 0.6) is 5.75 Å². The molecule has 1 aliphatic heterocycles. The first-order valence-electron chi connectivity index (χ1n) is 8.41. The zero-order valence-corrected chi connectivity index (χ0v) is 16.9. The maximum atomic E-state index is 9.26. The minimum absolute atomic E-state index is 0. The Labute approximate surface area is 169 Å². The molecule has 0 aliphatic carbocycles. The molecule has 3 rings (SSSR count). The van der Waals surface area contributed by atoms with E-state index >= 15 is 0 Å². The van der Waals surface area contributed by atoms with Gasteiger partial charge in [-0.3, -0.25) is 4.90 Å². The highest BCUT2D eigenvalue weighted by molar-refractivity contribution is 6.40. The predicted octanol–water partition coefficient (Wildman–Crippen LogP) is 3.02. The highest BCUT2D eigenvalue weighted by Crippen LogP contribution is 2.23. The van der Waals surface area contributed by atoms with Crippen LogP contribution >= 0.6 is 35.6 Å². The Morgan fingerprint density at radius 2 is 1.65 bits per heavy atom. The van der Waals surface area contributed by atoms with Crippen molar-refractivity contribution in [2.45, 2.75) is 26.3 Å². The Hall–Kier alpha value is -1.28. The number of aromatic nitrogens is 4. The fourth-order valence-electron chi connectivity index (χ4n) is 3.02. The van der Waals surface area contributed by atoms with Crippen molar-refractivity contribution >= 4 is 41.6 Å². The Balaban J connectivity index is 0.00000243. The van der Waals surface area contributed by atoms with Crippen molar-refractivity contribution < 1.29 is 5.11 Å². The average molecular weight is 422 g/mol. The first kappa shape index (κ1) is 21.0. The Morgan fingerprint density at radius 1 is 1.04 bits per heavy atom. The second-order valence-corrected chi connectivity index (χ2v) is 6.89. The van der Waals surface area contributed by atoms with E-state index < -0.39 is 0 Å². The van der Waals surface area contributed by atoms with Crippen LogP contribution in [0.2, 0.25) is 10.3 Å². The fourth-order valence-corrected chi connectivity index (χ4v) is 3.49. The molecule has 0 amide bonds. The first-order valence-corrected chi connectivity index (χ1v) is 9.16. The molecule has 3 heterocycles. The molecule has 1 fully saturated rings. The minimum Gasteiger partial charge on any atom is -0.505 e. The van der Waals surface area contributed by atoms with Gasteiger partial charge < -0.3 is 14.6 Å². The molecule has 1 aliphatic rings. The molecule has 0 spiro atoms. The van der Waals surface area contributed by atoms with Gasteiger partial charge in [-0.05, 0) is 26.3 Å². The highest BCUT2D eigenvalue weighted by atomic mass is 35.5. The van der Waals surface area contributed by atoms with E-state index in [0.29, 0.717) is 16.3 Å². The molecule has 10 heteroatoms. The first-order chi connectivity index (χ1) is 12.0.